The third-order valence-electron chi connectivity index (χ3n) is 9.27. The molecule has 0 unspecified atom stereocenters. The van der Waals surface area contributed by atoms with Crippen molar-refractivity contribution in [2.24, 2.45) is 0 Å². The number of Topliss-reactive ketones (excluding diaryl/α,β-unsaturated/α-hetero) is 1. The molecular formula is C40H62N4O6. The monoisotopic (exact) mass is 694 g/mol. The van der Waals surface area contributed by atoms with Crippen molar-refractivity contribution in [2.75, 3.05) is 58.3 Å². The zero-order valence-corrected chi connectivity index (χ0v) is 31.5. The number of ketones is 1. The molecular weight excluding hydrogens is 632 g/mol. The molecule has 2 aliphatic heterocycles. The van der Waals surface area contributed by atoms with Gasteiger partial charge in [-0.15, -0.1) is 0 Å². The molecule has 0 aromatic heterocycles. The van der Waals surface area contributed by atoms with Gasteiger partial charge in [0, 0.05) is 70.5 Å². The van der Waals surface area contributed by atoms with Gasteiger partial charge in [-0.25, -0.2) is 0 Å². The Labute approximate surface area is 300 Å². The number of aryl methyl sites for hydroxylation is 2. The molecule has 2 aliphatic rings. The molecule has 0 bridgehead atoms. The van der Waals surface area contributed by atoms with E-state index >= 15 is 0 Å². The van der Waals surface area contributed by atoms with Crippen LogP contribution < -0.4 is 10.1 Å². The highest BCUT2D eigenvalue weighted by atomic mass is 16.5. The molecule has 278 valence electrons. The fourth-order valence-electron chi connectivity index (χ4n) is 6.53. The van der Waals surface area contributed by atoms with E-state index in [-0.39, 0.29) is 24.2 Å². The molecule has 2 amide bonds. The number of para-hydroxylation sites is 1. The lowest BCUT2D eigenvalue weighted by Crippen LogP contribution is -2.46. The number of ether oxygens (including phenoxy) is 2. The first-order chi connectivity index (χ1) is 24.2. The number of anilines is 1. The minimum Gasteiger partial charge on any atom is -0.428 e. The number of likely N-dealkylation sites (tertiary alicyclic amines) is 1. The molecule has 1 N–H and O–H groups in total. The average Bonchev–Trinajstić information content (AvgIpc) is 3.13. The smallest absolute Gasteiger partial charge is 0.298 e. The topological polar surface area (TPSA) is 108 Å². The minimum atomic E-state index is 0.0410. The van der Waals surface area contributed by atoms with Crippen molar-refractivity contribution >= 4 is 30.3 Å². The number of hydrogen-bond acceptors (Lipinski definition) is 8. The Morgan fingerprint density at radius 1 is 0.920 bits per heavy atom. The summed E-state index contributed by atoms with van der Waals surface area (Å²) in [5.41, 5.74) is 4.43. The van der Waals surface area contributed by atoms with Crippen LogP contribution in [0.15, 0.2) is 42.5 Å². The van der Waals surface area contributed by atoms with Crippen molar-refractivity contribution < 1.29 is 28.7 Å². The number of carbonyl (C=O) groups excluding carboxylic acids is 4. The van der Waals surface area contributed by atoms with Gasteiger partial charge < -0.3 is 34.3 Å². The molecule has 2 aromatic rings. The van der Waals surface area contributed by atoms with Crippen LogP contribution in [0.1, 0.15) is 88.8 Å². The van der Waals surface area contributed by atoms with Crippen LogP contribution in [-0.2, 0) is 30.3 Å². The molecule has 0 saturated carbocycles. The second-order valence-electron chi connectivity index (χ2n) is 13.2. The number of hydrogen-bond donors (Lipinski definition) is 1. The Balaban J connectivity index is 0.000000299. The number of rotatable bonds is 16. The van der Waals surface area contributed by atoms with Crippen LogP contribution >= 0.6 is 0 Å². The highest BCUT2D eigenvalue weighted by Crippen LogP contribution is 2.20. The van der Waals surface area contributed by atoms with Crippen molar-refractivity contribution in [1.82, 2.24) is 14.7 Å². The van der Waals surface area contributed by atoms with Crippen LogP contribution in [0.2, 0.25) is 0 Å². The summed E-state index contributed by atoms with van der Waals surface area (Å²) >= 11 is 0. The van der Waals surface area contributed by atoms with E-state index in [0.717, 1.165) is 56.2 Å². The normalized spacial score (nSPS) is 14.8. The molecule has 0 spiro atoms. The van der Waals surface area contributed by atoms with E-state index in [2.05, 4.69) is 30.1 Å². The van der Waals surface area contributed by atoms with Crippen LogP contribution in [0, 0.1) is 13.8 Å². The number of piperidine rings is 1. The third kappa shape index (κ3) is 15.4. The van der Waals surface area contributed by atoms with Gasteiger partial charge in [-0.3, -0.25) is 14.4 Å². The standard InChI is InChI=1S/C20H29N3O3.C11H23NO.C9H10O2/c1-16(25)7-8-20(26)22-13-10-18(11-14-22)23(15-24)12-9-17-5-3-4-6-19(17)21-2;1-3-7-12(8-4-2)11-5-9-13-10-6-11;1-7-3-4-9(11-6-10)8(2)5-7/h3-6,15,18,21H,7-14H2,1-2H3;11H,3-10H2,1-2H3;3-6H,1-2H3. The molecule has 10 heteroatoms. The molecule has 0 atom stereocenters. The van der Waals surface area contributed by atoms with E-state index in [0.29, 0.717) is 38.3 Å². The highest BCUT2D eigenvalue weighted by Gasteiger charge is 2.26. The summed E-state index contributed by atoms with van der Waals surface area (Å²) in [5.74, 6) is 0.715. The van der Waals surface area contributed by atoms with Crippen molar-refractivity contribution in [3.63, 3.8) is 0 Å². The summed E-state index contributed by atoms with van der Waals surface area (Å²) in [5, 5.41) is 3.18. The van der Waals surface area contributed by atoms with E-state index in [1.54, 1.807) is 6.07 Å². The van der Waals surface area contributed by atoms with Crippen LogP contribution in [0.5, 0.6) is 5.75 Å². The van der Waals surface area contributed by atoms with Crippen molar-refractivity contribution in [2.45, 2.75) is 104 Å². The first kappa shape index (κ1) is 42.4. The van der Waals surface area contributed by atoms with Crippen LogP contribution in [0.25, 0.3) is 0 Å². The van der Waals surface area contributed by atoms with E-state index in [1.165, 1.54) is 56.8 Å². The number of amides is 2. The largest absolute Gasteiger partial charge is 0.428 e. The molecule has 0 radical (unpaired) electrons. The Bertz CT molecular complexity index is 1280. The number of benzene rings is 2. The van der Waals surface area contributed by atoms with Gasteiger partial charge in [-0.1, -0.05) is 49.7 Å². The minimum absolute atomic E-state index is 0.0410. The van der Waals surface area contributed by atoms with E-state index in [4.69, 9.17) is 9.47 Å². The third-order valence-corrected chi connectivity index (χ3v) is 9.27. The van der Waals surface area contributed by atoms with Crippen LogP contribution in [0.3, 0.4) is 0 Å². The first-order valence-electron chi connectivity index (χ1n) is 18.4. The molecule has 0 aliphatic carbocycles. The second kappa shape index (κ2) is 24.4. The number of nitrogens with zero attached hydrogens (tertiary/aromatic N) is 3. The molecule has 2 aromatic carbocycles. The Hall–Kier alpha value is -3.76. The highest BCUT2D eigenvalue weighted by molar-refractivity contribution is 5.83. The Morgan fingerprint density at radius 2 is 1.58 bits per heavy atom. The molecule has 4 rings (SSSR count). The maximum Gasteiger partial charge on any atom is 0.298 e. The first-order valence-corrected chi connectivity index (χ1v) is 18.4. The van der Waals surface area contributed by atoms with Crippen molar-refractivity contribution in [3.05, 3.63) is 59.2 Å². The zero-order chi connectivity index (χ0) is 36.7. The van der Waals surface area contributed by atoms with E-state index in [9.17, 15) is 19.2 Å². The lowest BCUT2D eigenvalue weighted by Gasteiger charge is -2.37. The second-order valence-corrected chi connectivity index (χ2v) is 13.2. The van der Waals surface area contributed by atoms with E-state index in [1.807, 2.05) is 61.0 Å². The maximum atomic E-state index is 12.1. The van der Waals surface area contributed by atoms with Gasteiger partial charge in [0.25, 0.3) is 6.47 Å². The van der Waals surface area contributed by atoms with Gasteiger partial charge in [0.15, 0.2) is 0 Å². The molecule has 2 saturated heterocycles. The maximum absolute atomic E-state index is 12.1. The fraction of sp³-hybridized carbons (Fsp3) is 0.600. The molecule has 50 heavy (non-hydrogen) atoms. The van der Waals surface area contributed by atoms with Gasteiger partial charge >= 0.3 is 0 Å². The van der Waals surface area contributed by atoms with E-state index < -0.39 is 0 Å². The summed E-state index contributed by atoms with van der Waals surface area (Å²) in [4.78, 5) is 51.0. The summed E-state index contributed by atoms with van der Waals surface area (Å²) < 4.78 is 10.1. The van der Waals surface area contributed by atoms with Crippen LogP contribution in [-0.4, -0.2) is 104 Å². The van der Waals surface area contributed by atoms with Gasteiger partial charge in [0.05, 0.1) is 0 Å². The van der Waals surface area contributed by atoms with Crippen molar-refractivity contribution in [3.8, 4) is 5.75 Å². The quantitative estimate of drug-likeness (QED) is 0.207. The lowest BCUT2D eigenvalue weighted by atomic mass is 10.0. The molecule has 2 fully saturated rings. The lowest BCUT2D eigenvalue weighted by molar-refractivity contribution is -0.134. The van der Waals surface area contributed by atoms with Crippen molar-refractivity contribution in [1.29, 1.82) is 0 Å². The number of carbonyl (C=O) groups is 4. The predicted molar refractivity (Wildman–Crippen MR) is 201 cm³/mol. The number of nitrogens with one attached hydrogen (secondary N) is 1. The predicted octanol–water partition coefficient (Wildman–Crippen LogP) is 6.22. The fourth-order valence-corrected chi connectivity index (χ4v) is 6.53. The molecule has 2 heterocycles. The Kier molecular flexibility index (Phi) is 20.7. The SMILES string of the molecule is CCCN(CCC)C1CCOCC1.CNc1ccccc1CCN(C=O)C1CCN(C(=O)CCC(C)=O)CC1.Cc1ccc(OC=O)c(C)c1. The van der Waals surface area contributed by atoms with Gasteiger partial charge in [0.1, 0.15) is 11.5 Å². The summed E-state index contributed by atoms with van der Waals surface area (Å²) in [6.45, 7) is 16.8. The summed E-state index contributed by atoms with van der Waals surface area (Å²) in [6, 6.07) is 14.7. The van der Waals surface area contributed by atoms with Gasteiger partial charge in [-0.2, -0.15) is 0 Å². The summed E-state index contributed by atoms with van der Waals surface area (Å²) in [7, 11) is 1.90. The Morgan fingerprint density at radius 3 is 2.14 bits per heavy atom. The van der Waals surface area contributed by atoms with Crippen LogP contribution in [0.4, 0.5) is 5.69 Å². The van der Waals surface area contributed by atoms with Gasteiger partial charge in [-0.05, 0) is 102 Å². The summed E-state index contributed by atoms with van der Waals surface area (Å²) in [6.07, 6.45) is 8.93. The van der Waals surface area contributed by atoms with Gasteiger partial charge in [0.2, 0.25) is 12.3 Å². The molecule has 10 nitrogen and oxygen atoms in total. The zero-order valence-electron chi connectivity index (χ0n) is 31.5. The average molecular weight is 695 g/mol.